The topological polar surface area (TPSA) is 12.0 Å². The van der Waals surface area contributed by atoms with Gasteiger partial charge in [0.1, 0.15) is 0 Å². The highest BCUT2D eigenvalue weighted by Gasteiger charge is 2.05. The molecule has 1 N–H and O–H groups in total. The van der Waals surface area contributed by atoms with Gasteiger partial charge in [0, 0.05) is 26.0 Å². The van der Waals surface area contributed by atoms with Gasteiger partial charge in [0.05, 0.1) is 0 Å². The minimum Gasteiger partial charge on any atom is -0.310 e. The van der Waals surface area contributed by atoms with Crippen LogP contribution in [0.25, 0.3) is 0 Å². The number of benzene rings is 1. The number of halogens is 1. The Balaban J connectivity index is 1.89. The van der Waals surface area contributed by atoms with Gasteiger partial charge in [-0.2, -0.15) is 0 Å². The van der Waals surface area contributed by atoms with E-state index in [1.165, 1.54) is 26.2 Å². The first-order valence-electron chi connectivity index (χ1n) is 6.88. The Morgan fingerprint density at radius 2 is 2.00 bits per heavy atom. The minimum atomic E-state index is 0.431. The molecule has 4 heteroatoms. The number of nitrogens with one attached hydrogen (secondary N) is 1. The van der Waals surface area contributed by atoms with Crippen LogP contribution < -0.4 is 5.32 Å². The molecule has 108 valence electrons. The van der Waals surface area contributed by atoms with Crippen molar-refractivity contribution >= 4 is 39.0 Å². The second kappa shape index (κ2) is 8.23. The van der Waals surface area contributed by atoms with Gasteiger partial charge in [0.25, 0.3) is 0 Å². The Hall–Kier alpha value is -0.290. The quantitative estimate of drug-likeness (QED) is 0.613. The minimum absolute atomic E-state index is 0.431. The van der Waals surface area contributed by atoms with Crippen molar-refractivity contribution < 1.29 is 0 Å². The van der Waals surface area contributed by atoms with Gasteiger partial charge < -0.3 is 5.32 Å². The van der Waals surface area contributed by atoms with Crippen molar-refractivity contribution in [2.75, 3.05) is 6.54 Å². The zero-order chi connectivity index (χ0) is 14.4. The molecule has 1 aromatic carbocycles. The third kappa shape index (κ3) is 4.62. The molecule has 0 aliphatic heterocycles. The first-order valence-corrected chi connectivity index (χ1v) is 9.54. The van der Waals surface area contributed by atoms with E-state index >= 15 is 0 Å². The van der Waals surface area contributed by atoms with Crippen molar-refractivity contribution in [3.05, 3.63) is 50.6 Å². The maximum Gasteiger partial charge on any atom is 0.0337 e. The molecule has 0 fully saturated rings. The fourth-order valence-electron chi connectivity index (χ4n) is 1.91. The molecule has 2 rings (SSSR count). The Bertz CT molecular complexity index is 522. The number of hydrogen-bond acceptors (Lipinski definition) is 3. The molecule has 2 aromatic rings. The van der Waals surface area contributed by atoms with Crippen molar-refractivity contribution in [3.63, 3.8) is 0 Å². The van der Waals surface area contributed by atoms with Crippen LogP contribution in [0.3, 0.4) is 0 Å². The Labute approximate surface area is 138 Å². The van der Waals surface area contributed by atoms with Crippen LogP contribution in [0.5, 0.6) is 0 Å². The van der Waals surface area contributed by atoms with E-state index in [2.05, 4.69) is 70.8 Å². The predicted molar refractivity (Wildman–Crippen MR) is 94.7 cm³/mol. The SMILES string of the molecule is CCCNC(C)c1ccc(SCc2sccc2Br)cc1. The van der Waals surface area contributed by atoms with E-state index < -0.39 is 0 Å². The smallest absolute Gasteiger partial charge is 0.0337 e. The number of rotatable bonds is 7. The average Bonchev–Trinajstić information content (AvgIpc) is 2.88. The van der Waals surface area contributed by atoms with E-state index in [1.54, 1.807) is 0 Å². The fraction of sp³-hybridized carbons (Fsp3) is 0.375. The summed E-state index contributed by atoms with van der Waals surface area (Å²) in [6, 6.07) is 11.5. The van der Waals surface area contributed by atoms with Gasteiger partial charge in [-0.1, -0.05) is 19.1 Å². The predicted octanol–water partition coefficient (Wildman–Crippen LogP) is 5.86. The van der Waals surface area contributed by atoms with Gasteiger partial charge in [-0.05, 0) is 65.0 Å². The molecular formula is C16H20BrNS2. The summed E-state index contributed by atoms with van der Waals surface area (Å²) in [5, 5.41) is 5.65. The molecule has 1 nitrogen and oxygen atoms in total. The van der Waals surface area contributed by atoms with E-state index in [9.17, 15) is 0 Å². The Morgan fingerprint density at radius 3 is 2.60 bits per heavy atom. The third-order valence-corrected chi connectivity index (χ3v) is 6.29. The highest BCUT2D eigenvalue weighted by molar-refractivity contribution is 9.10. The zero-order valence-electron chi connectivity index (χ0n) is 11.9. The van der Waals surface area contributed by atoms with Gasteiger partial charge >= 0.3 is 0 Å². The molecule has 0 spiro atoms. The summed E-state index contributed by atoms with van der Waals surface area (Å²) in [7, 11) is 0. The number of hydrogen-bond donors (Lipinski definition) is 1. The molecule has 1 aromatic heterocycles. The van der Waals surface area contributed by atoms with Gasteiger partial charge in [-0.15, -0.1) is 23.1 Å². The van der Waals surface area contributed by atoms with Crippen molar-refractivity contribution in [1.29, 1.82) is 0 Å². The summed E-state index contributed by atoms with van der Waals surface area (Å²) in [6.45, 7) is 5.49. The molecule has 0 saturated heterocycles. The first-order chi connectivity index (χ1) is 9.70. The lowest BCUT2D eigenvalue weighted by atomic mass is 10.1. The van der Waals surface area contributed by atoms with E-state index in [0.29, 0.717) is 6.04 Å². The largest absolute Gasteiger partial charge is 0.310 e. The summed E-state index contributed by atoms with van der Waals surface area (Å²) in [5.41, 5.74) is 1.36. The lowest BCUT2D eigenvalue weighted by molar-refractivity contribution is 0.570. The summed E-state index contributed by atoms with van der Waals surface area (Å²) in [6.07, 6.45) is 1.17. The van der Waals surface area contributed by atoms with Gasteiger partial charge in [0.15, 0.2) is 0 Å². The molecule has 1 unspecified atom stereocenters. The second-order valence-electron chi connectivity index (χ2n) is 4.73. The van der Waals surface area contributed by atoms with Crippen LogP contribution in [0.1, 0.15) is 36.8 Å². The zero-order valence-corrected chi connectivity index (χ0v) is 15.1. The molecule has 1 heterocycles. The maximum absolute atomic E-state index is 3.58. The van der Waals surface area contributed by atoms with Crippen molar-refractivity contribution in [2.45, 2.75) is 37.0 Å². The molecule has 0 radical (unpaired) electrons. The van der Waals surface area contributed by atoms with Crippen LogP contribution >= 0.6 is 39.0 Å². The molecule has 0 amide bonds. The van der Waals surface area contributed by atoms with E-state index in [-0.39, 0.29) is 0 Å². The normalized spacial score (nSPS) is 12.6. The summed E-state index contributed by atoms with van der Waals surface area (Å²) >= 11 is 7.28. The summed E-state index contributed by atoms with van der Waals surface area (Å²) in [4.78, 5) is 2.73. The van der Waals surface area contributed by atoms with Crippen LogP contribution in [0.4, 0.5) is 0 Å². The van der Waals surface area contributed by atoms with Crippen molar-refractivity contribution in [1.82, 2.24) is 5.32 Å². The summed E-state index contributed by atoms with van der Waals surface area (Å²) in [5.74, 6) is 1.03. The van der Waals surface area contributed by atoms with Gasteiger partial charge in [-0.25, -0.2) is 0 Å². The van der Waals surface area contributed by atoms with Crippen molar-refractivity contribution in [2.24, 2.45) is 0 Å². The van der Waals surface area contributed by atoms with E-state index in [1.807, 2.05) is 23.1 Å². The maximum atomic E-state index is 3.58. The number of thioether (sulfide) groups is 1. The van der Waals surface area contributed by atoms with Gasteiger partial charge in [-0.3, -0.25) is 0 Å². The van der Waals surface area contributed by atoms with Crippen LogP contribution in [0, 0.1) is 0 Å². The fourth-order valence-corrected chi connectivity index (χ4v) is 4.60. The highest BCUT2D eigenvalue weighted by atomic mass is 79.9. The van der Waals surface area contributed by atoms with Crippen LogP contribution in [-0.4, -0.2) is 6.54 Å². The molecule has 0 bridgehead atoms. The molecule has 0 aliphatic rings. The second-order valence-corrected chi connectivity index (χ2v) is 7.63. The molecule has 1 atom stereocenters. The molecular weight excluding hydrogens is 350 g/mol. The lowest BCUT2D eigenvalue weighted by Gasteiger charge is -2.14. The monoisotopic (exact) mass is 369 g/mol. The van der Waals surface area contributed by atoms with Crippen LogP contribution in [-0.2, 0) is 5.75 Å². The molecule has 0 aliphatic carbocycles. The standard InChI is InChI=1S/C16H20BrNS2/c1-3-9-18-12(2)13-4-6-14(7-5-13)20-11-16-15(17)8-10-19-16/h4-8,10,12,18H,3,9,11H2,1-2H3. The van der Waals surface area contributed by atoms with E-state index in [4.69, 9.17) is 0 Å². The lowest BCUT2D eigenvalue weighted by Crippen LogP contribution is -2.19. The molecule has 20 heavy (non-hydrogen) atoms. The Morgan fingerprint density at radius 1 is 1.25 bits per heavy atom. The third-order valence-electron chi connectivity index (χ3n) is 3.14. The van der Waals surface area contributed by atoms with Crippen molar-refractivity contribution in [3.8, 4) is 0 Å². The highest BCUT2D eigenvalue weighted by Crippen LogP contribution is 2.31. The average molecular weight is 370 g/mol. The van der Waals surface area contributed by atoms with E-state index in [0.717, 1.165) is 12.3 Å². The first kappa shape index (κ1) is 16.1. The van der Waals surface area contributed by atoms with Gasteiger partial charge in [0.2, 0.25) is 0 Å². The number of thiophene rings is 1. The Kier molecular flexibility index (Phi) is 6.62. The van der Waals surface area contributed by atoms with Crippen LogP contribution in [0.15, 0.2) is 45.1 Å². The summed E-state index contributed by atoms with van der Waals surface area (Å²) < 4.78 is 1.23. The van der Waals surface area contributed by atoms with Crippen LogP contribution in [0.2, 0.25) is 0 Å². The molecule has 0 saturated carbocycles.